The summed E-state index contributed by atoms with van der Waals surface area (Å²) in [6, 6.07) is 19.0. The van der Waals surface area contributed by atoms with Crippen LogP contribution >= 0.6 is 0 Å². The molecule has 1 saturated heterocycles. The Balaban J connectivity index is 1.59. The Labute approximate surface area is 226 Å². The quantitative estimate of drug-likeness (QED) is 0.176. The number of rotatable bonds is 9. The van der Waals surface area contributed by atoms with E-state index in [1.54, 1.807) is 49.6 Å². The van der Waals surface area contributed by atoms with Gasteiger partial charge in [-0.3, -0.25) is 9.59 Å². The first-order chi connectivity index (χ1) is 19.0. The molecule has 1 aromatic heterocycles. The van der Waals surface area contributed by atoms with Crippen LogP contribution in [0.5, 0.6) is 17.2 Å². The zero-order valence-electron chi connectivity index (χ0n) is 22.1. The van der Waals surface area contributed by atoms with Crippen LogP contribution in [0.4, 0.5) is 0 Å². The number of fused-ring (bicyclic) bond motifs is 1. The van der Waals surface area contributed by atoms with Crippen LogP contribution in [0, 0.1) is 0 Å². The van der Waals surface area contributed by atoms with Gasteiger partial charge in [0.25, 0.3) is 11.7 Å². The molecular weight excluding hydrogens is 496 g/mol. The van der Waals surface area contributed by atoms with Crippen molar-refractivity contribution in [2.24, 2.45) is 0 Å². The number of nitrogens with one attached hydrogen (secondary N) is 1. The number of ketones is 1. The van der Waals surface area contributed by atoms with Gasteiger partial charge in [0.05, 0.1) is 32.4 Å². The van der Waals surface area contributed by atoms with Gasteiger partial charge in [0, 0.05) is 40.8 Å². The molecule has 0 bridgehead atoms. The summed E-state index contributed by atoms with van der Waals surface area (Å²) < 4.78 is 16.5. The minimum atomic E-state index is -0.859. The number of carbonyl (C=O) groups excluding carboxylic acids is 2. The van der Waals surface area contributed by atoms with E-state index in [0.29, 0.717) is 41.4 Å². The Kier molecular flexibility index (Phi) is 7.27. The number of Topliss-reactive ketones (excluding diaryl/α,β-unsaturated/α-hetero) is 1. The van der Waals surface area contributed by atoms with Crippen LogP contribution in [0.1, 0.15) is 29.7 Å². The lowest BCUT2D eigenvalue weighted by Crippen LogP contribution is -2.31. The minimum absolute atomic E-state index is 0.00607. The molecule has 4 aromatic rings. The highest BCUT2D eigenvalue weighted by atomic mass is 16.5. The number of nitrogens with zero attached hydrogens (tertiary/aromatic N) is 1. The summed E-state index contributed by atoms with van der Waals surface area (Å²) in [4.78, 5) is 31.7. The van der Waals surface area contributed by atoms with Gasteiger partial charge in [0.15, 0.2) is 0 Å². The number of benzene rings is 3. The van der Waals surface area contributed by atoms with E-state index in [4.69, 9.17) is 14.2 Å². The first-order valence-corrected chi connectivity index (χ1v) is 12.7. The van der Waals surface area contributed by atoms with Crippen LogP contribution in [0.2, 0.25) is 0 Å². The van der Waals surface area contributed by atoms with Gasteiger partial charge in [-0.15, -0.1) is 0 Å². The largest absolute Gasteiger partial charge is 0.507 e. The molecule has 8 nitrogen and oxygen atoms in total. The first-order valence-electron chi connectivity index (χ1n) is 12.7. The lowest BCUT2D eigenvalue weighted by atomic mass is 9.94. The van der Waals surface area contributed by atoms with Gasteiger partial charge in [0.1, 0.15) is 23.0 Å². The highest BCUT2D eigenvalue weighted by Crippen LogP contribution is 2.44. The Hall–Kier alpha value is -4.72. The molecular formula is C31H30N2O6. The summed E-state index contributed by atoms with van der Waals surface area (Å²) in [7, 11) is 3.07. The molecule has 0 saturated carbocycles. The van der Waals surface area contributed by atoms with Gasteiger partial charge < -0.3 is 29.2 Å². The molecule has 2 heterocycles. The van der Waals surface area contributed by atoms with E-state index in [1.165, 1.54) is 12.0 Å². The highest BCUT2D eigenvalue weighted by Gasteiger charge is 2.47. The Morgan fingerprint density at radius 1 is 0.974 bits per heavy atom. The van der Waals surface area contributed by atoms with Crippen LogP contribution in [0.25, 0.3) is 16.7 Å². The average Bonchev–Trinajstić information content (AvgIpc) is 3.49. The van der Waals surface area contributed by atoms with E-state index in [2.05, 4.69) is 4.98 Å². The fraction of sp³-hybridized carbons (Fsp3) is 0.226. The zero-order valence-corrected chi connectivity index (χ0v) is 22.1. The van der Waals surface area contributed by atoms with Crippen molar-refractivity contribution in [3.63, 3.8) is 0 Å². The molecule has 1 atom stereocenters. The van der Waals surface area contributed by atoms with E-state index < -0.39 is 17.7 Å². The smallest absolute Gasteiger partial charge is 0.295 e. The van der Waals surface area contributed by atoms with Crippen LogP contribution < -0.4 is 14.2 Å². The molecule has 1 aliphatic heterocycles. The Morgan fingerprint density at radius 3 is 2.44 bits per heavy atom. The summed E-state index contributed by atoms with van der Waals surface area (Å²) >= 11 is 0. The number of aliphatic hydroxyl groups is 1. The summed E-state index contributed by atoms with van der Waals surface area (Å²) in [6.45, 7) is 2.64. The molecule has 0 spiro atoms. The van der Waals surface area contributed by atoms with E-state index in [-0.39, 0.29) is 17.9 Å². The third-order valence-corrected chi connectivity index (χ3v) is 7.01. The summed E-state index contributed by atoms with van der Waals surface area (Å²) in [5.41, 5.74) is 3.01. The number of H-pyrrole nitrogens is 1. The van der Waals surface area contributed by atoms with Gasteiger partial charge in [-0.1, -0.05) is 18.2 Å². The number of amides is 1. The van der Waals surface area contributed by atoms with Crippen molar-refractivity contribution in [3.8, 4) is 17.2 Å². The summed E-state index contributed by atoms with van der Waals surface area (Å²) in [5.74, 6) is -0.0300. The van der Waals surface area contributed by atoms with E-state index in [9.17, 15) is 14.7 Å². The van der Waals surface area contributed by atoms with Crippen LogP contribution in [-0.2, 0) is 16.0 Å². The predicted octanol–water partition coefficient (Wildman–Crippen LogP) is 5.25. The van der Waals surface area contributed by atoms with Crippen molar-refractivity contribution < 1.29 is 28.9 Å². The fourth-order valence-corrected chi connectivity index (χ4v) is 5.09. The summed E-state index contributed by atoms with van der Waals surface area (Å²) in [5, 5.41) is 12.5. The average molecular weight is 527 g/mol. The number of methoxy groups -OCH3 is 2. The van der Waals surface area contributed by atoms with Gasteiger partial charge in [-0.2, -0.15) is 0 Å². The maximum atomic E-state index is 13.5. The molecule has 2 N–H and O–H groups in total. The number of ether oxygens (including phenoxy) is 3. The molecule has 0 radical (unpaired) electrons. The van der Waals surface area contributed by atoms with Crippen LogP contribution in [0.15, 0.2) is 78.5 Å². The third-order valence-electron chi connectivity index (χ3n) is 7.01. The van der Waals surface area contributed by atoms with E-state index >= 15 is 0 Å². The highest BCUT2D eigenvalue weighted by molar-refractivity contribution is 6.46. The second-order valence-electron chi connectivity index (χ2n) is 9.17. The van der Waals surface area contributed by atoms with Gasteiger partial charge in [0.2, 0.25) is 0 Å². The maximum Gasteiger partial charge on any atom is 0.295 e. The van der Waals surface area contributed by atoms with Crippen molar-refractivity contribution in [3.05, 3.63) is 95.2 Å². The van der Waals surface area contributed by atoms with Crippen molar-refractivity contribution in [1.29, 1.82) is 0 Å². The van der Waals surface area contributed by atoms with Crippen molar-refractivity contribution in [1.82, 2.24) is 9.88 Å². The molecule has 200 valence electrons. The normalized spacial score (nSPS) is 16.6. The van der Waals surface area contributed by atoms with Crippen molar-refractivity contribution >= 4 is 28.4 Å². The predicted molar refractivity (Wildman–Crippen MR) is 148 cm³/mol. The number of para-hydroxylation sites is 1. The first kappa shape index (κ1) is 25.9. The lowest BCUT2D eigenvalue weighted by Gasteiger charge is -2.27. The standard InChI is InChI=1S/C31H30N2O6/c1-4-39-21-11-9-19(10-12-21)29(34)27-28(24-14-13-22(37-2)17-26(24)38-3)33(31(36)30(27)35)16-15-20-18-32-25-8-6-5-7-23(20)25/h5-14,17-18,28,32,34H,4,15-16H2,1-3H3/b29-27-. The number of aromatic amines is 1. The second kappa shape index (κ2) is 10.9. The number of hydrogen-bond donors (Lipinski definition) is 2. The van der Waals surface area contributed by atoms with Crippen molar-refractivity contribution in [2.75, 3.05) is 27.4 Å². The van der Waals surface area contributed by atoms with Crippen LogP contribution in [0.3, 0.4) is 0 Å². The van der Waals surface area contributed by atoms with Crippen LogP contribution in [-0.4, -0.2) is 54.1 Å². The molecule has 3 aromatic carbocycles. The lowest BCUT2D eigenvalue weighted by molar-refractivity contribution is -0.139. The molecule has 1 fully saturated rings. The number of likely N-dealkylation sites (tertiary alicyclic amines) is 1. The number of aliphatic hydroxyl groups excluding tert-OH is 1. The number of aromatic nitrogens is 1. The minimum Gasteiger partial charge on any atom is -0.507 e. The zero-order chi connectivity index (χ0) is 27.5. The van der Waals surface area contributed by atoms with Gasteiger partial charge in [-0.05, 0) is 61.4 Å². The molecule has 5 rings (SSSR count). The number of carbonyl (C=O) groups is 2. The Bertz CT molecular complexity index is 1550. The van der Waals surface area contributed by atoms with E-state index in [1.807, 2.05) is 37.4 Å². The summed E-state index contributed by atoms with van der Waals surface area (Å²) in [6.07, 6.45) is 2.43. The molecule has 8 heteroatoms. The SMILES string of the molecule is CCOc1ccc(/C(O)=C2/C(=O)C(=O)N(CCc3c[nH]c4ccccc34)C2c2ccc(OC)cc2OC)cc1. The fourth-order valence-electron chi connectivity index (χ4n) is 5.09. The van der Waals surface area contributed by atoms with Crippen molar-refractivity contribution in [2.45, 2.75) is 19.4 Å². The van der Waals surface area contributed by atoms with Gasteiger partial charge >= 0.3 is 0 Å². The second-order valence-corrected chi connectivity index (χ2v) is 9.17. The molecule has 1 aliphatic rings. The third kappa shape index (κ3) is 4.81. The van der Waals surface area contributed by atoms with E-state index in [0.717, 1.165) is 16.5 Å². The van der Waals surface area contributed by atoms with Gasteiger partial charge in [-0.25, -0.2) is 0 Å². The molecule has 1 unspecified atom stereocenters. The molecule has 0 aliphatic carbocycles. The maximum absolute atomic E-state index is 13.5. The topological polar surface area (TPSA) is 101 Å². The Morgan fingerprint density at radius 2 is 1.72 bits per heavy atom. The molecule has 1 amide bonds. The molecule has 39 heavy (non-hydrogen) atoms. The monoisotopic (exact) mass is 526 g/mol. The number of hydrogen-bond acceptors (Lipinski definition) is 6.